The predicted molar refractivity (Wildman–Crippen MR) is 169 cm³/mol. The van der Waals surface area contributed by atoms with E-state index < -0.39 is 6.04 Å². The number of carbonyl (C=O) groups excluding carboxylic acids is 2. The van der Waals surface area contributed by atoms with Crippen LogP contribution in [0.3, 0.4) is 0 Å². The van der Waals surface area contributed by atoms with Gasteiger partial charge >= 0.3 is 0 Å². The summed E-state index contributed by atoms with van der Waals surface area (Å²) in [5, 5.41) is 4.57. The monoisotopic (exact) mass is 619 g/mol. The number of carbonyl (C=O) groups is 2. The van der Waals surface area contributed by atoms with Crippen molar-refractivity contribution in [3.63, 3.8) is 0 Å². The van der Waals surface area contributed by atoms with E-state index in [0.717, 1.165) is 42.6 Å². The second-order valence-electron chi connectivity index (χ2n) is 11.9. The maximum atomic E-state index is 14.3. The van der Waals surface area contributed by atoms with Gasteiger partial charge < -0.3 is 20.0 Å². The Hall–Kier alpha value is -2.39. The second kappa shape index (κ2) is 14.9. The lowest BCUT2D eigenvalue weighted by Crippen LogP contribution is -2.56. The standard InChI is InChI=1S/C32H44Cl2FN5O2/c1-22(21-36-23(2)37(3)4)7-8-25-18-27(35)11-12-29(25)38-14-16-39(17-15-38)32(42)30(40-13-5-6-31(40)41)19-24-9-10-26(33)20-28(24)34/h9-12,18,20,22-23,30,36H,5-8,13-17,19,21H2,1-4H3. The van der Waals surface area contributed by atoms with Gasteiger partial charge in [0.15, 0.2) is 0 Å². The van der Waals surface area contributed by atoms with Crippen molar-refractivity contribution in [1.82, 2.24) is 20.0 Å². The molecular formula is C32H44Cl2FN5O2. The maximum Gasteiger partial charge on any atom is 0.245 e. The van der Waals surface area contributed by atoms with Crippen LogP contribution in [0.2, 0.25) is 10.0 Å². The van der Waals surface area contributed by atoms with Crippen LogP contribution in [0.25, 0.3) is 0 Å². The lowest BCUT2D eigenvalue weighted by atomic mass is 9.98. The predicted octanol–water partition coefficient (Wildman–Crippen LogP) is 5.08. The quantitative estimate of drug-likeness (QED) is 0.336. The first-order valence-corrected chi connectivity index (χ1v) is 15.7. The molecule has 7 nitrogen and oxygen atoms in total. The maximum absolute atomic E-state index is 14.3. The molecule has 42 heavy (non-hydrogen) atoms. The van der Waals surface area contributed by atoms with Gasteiger partial charge in [0.25, 0.3) is 0 Å². The summed E-state index contributed by atoms with van der Waals surface area (Å²) in [6.45, 7) is 8.18. The molecule has 2 heterocycles. The Morgan fingerprint density at radius 3 is 2.40 bits per heavy atom. The van der Waals surface area contributed by atoms with Crippen LogP contribution in [0.15, 0.2) is 36.4 Å². The molecule has 2 aromatic carbocycles. The third kappa shape index (κ3) is 8.37. The normalized spacial score (nSPS) is 18.1. The molecule has 2 saturated heterocycles. The summed E-state index contributed by atoms with van der Waals surface area (Å²) in [6.07, 6.45) is 3.59. The molecule has 230 valence electrons. The molecule has 2 aromatic rings. The highest BCUT2D eigenvalue weighted by atomic mass is 35.5. The molecule has 0 aromatic heterocycles. The zero-order valence-corrected chi connectivity index (χ0v) is 26.7. The molecular weight excluding hydrogens is 576 g/mol. The summed E-state index contributed by atoms with van der Waals surface area (Å²) in [5.74, 6) is 0.170. The van der Waals surface area contributed by atoms with Crippen LogP contribution in [0, 0.1) is 11.7 Å². The van der Waals surface area contributed by atoms with Crippen LogP contribution in [0.4, 0.5) is 10.1 Å². The molecule has 0 saturated carbocycles. The lowest BCUT2D eigenvalue weighted by Gasteiger charge is -2.40. The molecule has 3 unspecified atom stereocenters. The van der Waals surface area contributed by atoms with Crippen LogP contribution in [-0.4, -0.2) is 92.1 Å². The van der Waals surface area contributed by atoms with Gasteiger partial charge in [-0.25, -0.2) is 4.39 Å². The number of piperazine rings is 1. The minimum atomic E-state index is -0.600. The molecule has 3 atom stereocenters. The van der Waals surface area contributed by atoms with Gasteiger partial charge in [-0.1, -0.05) is 36.2 Å². The van der Waals surface area contributed by atoms with Crippen molar-refractivity contribution < 1.29 is 14.0 Å². The third-order valence-electron chi connectivity index (χ3n) is 8.62. The topological polar surface area (TPSA) is 59.1 Å². The van der Waals surface area contributed by atoms with Gasteiger partial charge in [-0.3, -0.25) is 14.5 Å². The van der Waals surface area contributed by atoms with Gasteiger partial charge in [-0.15, -0.1) is 0 Å². The molecule has 0 spiro atoms. The Bertz CT molecular complexity index is 1240. The van der Waals surface area contributed by atoms with Crippen molar-refractivity contribution in [3.05, 3.63) is 63.4 Å². The molecule has 2 aliphatic rings. The number of likely N-dealkylation sites (tertiary alicyclic amines) is 1. The van der Waals surface area contributed by atoms with E-state index in [1.165, 1.54) is 6.07 Å². The molecule has 1 N–H and O–H groups in total. The number of halogens is 3. The largest absolute Gasteiger partial charge is 0.368 e. The Morgan fingerprint density at radius 2 is 1.76 bits per heavy atom. The molecule has 4 rings (SSSR count). The van der Waals surface area contributed by atoms with E-state index in [1.807, 2.05) is 17.0 Å². The van der Waals surface area contributed by atoms with Gasteiger partial charge in [0.1, 0.15) is 11.9 Å². The van der Waals surface area contributed by atoms with Crippen LogP contribution in [0.5, 0.6) is 0 Å². The van der Waals surface area contributed by atoms with Crippen LogP contribution < -0.4 is 10.2 Å². The molecule has 0 aliphatic carbocycles. The third-order valence-corrected chi connectivity index (χ3v) is 9.20. The molecule has 2 amide bonds. The highest BCUT2D eigenvalue weighted by Gasteiger charge is 2.37. The first kappa shape index (κ1) is 32.5. The Kier molecular flexibility index (Phi) is 11.5. The summed E-state index contributed by atoms with van der Waals surface area (Å²) in [5.41, 5.74) is 2.83. The van der Waals surface area contributed by atoms with Crippen molar-refractivity contribution in [1.29, 1.82) is 0 Å². The highest BCUT2D eigenvalue weighted by Crippen LogP contribution is 2.28. The van der Waals surface area contributed by atoms with E-state index in [1.54, 1.807) is 23.1 Å². The Labute approximate surface area is 259 Å². The van der Waals surface area contributed by atoms with Crippen LogP contribution in [0.1, 0.15) is 44.2 Å². The lowest BCUT2D eigenvalue weighted by molar-refractivity contribution is -0.143. The second-order valence-corrected chi connectivity index (χ2v) is 12.8. The fourth-order valence-electron chi connectivity index (χ4n) is 5.72. The van der Waals surface area contributed by atoms with E-state index >= 15 is 0 Å². The first-order valence-electron chi connectivity index (χ1n) is 15.0. The molecule has 10 heteroatoms. The van der Waals surface area contributed by atoms with E-state index in [9.17, 15) is 14.0 Å². The summed E-state index contributed by atoms with van der Waals surface area (Å²) < 4.78 is 14.3. The number of rotatable bonds is 12. The minimum absolute atomic E-state index is 0.00799. The fourth-order valence-corrected chi connectivity index (χ4v) is 6.21. The van der Waals surface area contributed by atoms with Gasteiger partial charge in [-0.2, -0.15) is 0 Å². The fraction of sp³-hybridized carbons (Fsp3) is 0.562. The number of aryl methyl sites for hydroxylation is 1. The Balaban J connectivity index is 1.40. The van der Waals surface area contributed by atoms with Gasteiger partial charge in [0, 0.05) is 61.3 Å². The van der Waals surface area contributed by atoms with Gasteiger partial charge in [0.2, 0.25) is 11.8 Å². The average Bonchev–Trinajstić information content (AvgIpc) is 3.39. The van der Waals surface area contributed by atoms with E-state index in [2.05, 4.69) is 43.1 Å². The van der Waals surface area contributed by atoms with E-state index in [-0.39, 0.29) is 17.6 Å². The number of nitrogens with one attached hydrogen (secondary N) is 1. The number of hydrogen-bond donors (Lipinski definition) is 1. The van der Waals surface area contributed by atoms with Crippen molar-refractivity contribution in [2.24, 2.45) is 5.92 Å². The molecule has 2 fully saturated rings. The number of amides is 2. The summed E-state index contributed by atoms with van der Waals surface area (Å²) in [7, 11) is 4.10. The molecule has 0 bridgehead atoms. The number of nitrogens with zero attached hydrogens (tertiary/aromatic N) is 4. The summed E-state index contributed by atoms with van der Waals surface area (Å²) >= 11 is 12.5. The molecule has 0 radical (unpaired) electrons. The molecule has 2 aliphatic heterocycles. The average molecular weight is 621 g/mol. The van der Waals surface area contributed by atoms with E-state index in [0.29, 0.717) is 67.7 Å². The zero-order chi connectivity index (χ0) is 30.4. The summed E-state index contributed by atoms with van der Waals surface area (Å²) in [4.78, 5) is 34.6. The number of benzene rings is 2. The number of anilines is 1. The smallest absolute Gasteiger partial charge is 0.245 e. The van der Waals surface area contributed by atoms with E-state index in [4.69, 9.17) is 23.2 Å². The van der Waals surface area contributed by atoms with Crippen LogP contribution >= 0.6 is 23.2 Å². The SMILES string of the molecule is CC(CCc1cc(F)ccc1N1CCN(C(=O)C(Cc2ccc(Cl)cc2Cl)N2CCCC2=O)CC1)CNC(C)N(C)C. The van der Waals surface area contributed by atoms with Crippen molar-refractivity contribution in [2.45, 2.75) is 58.2 Å². The van der Waals surface area contributed by atoms with Gasteiger partial charge in [-0.05, 0) is 94.2 Å². The van der Waals surface area contributed by atoms with Crippen molar-refractivity contribution in [3.8, 4) is 0 Å². The zero-order valence-electron chi connectivity index (χ0n) is 25.2. The summed E-state index contributed by atoms with van der Waals surface area (Å²) in [6, 6.07) is 9.71. The van der Waals surface area contributed by atoms with Crippen molar-refractivity contribution >= 4 is 40.7 Å². The number of hydrogen-bond acceptors (Lipinski definition) is 5. The first-order chi connectivity index (χ1) is 20.0. The van der Waals surface area contributed by atoms with Gasteiger partial charge in [0.05, 0.1) is 6.17 Å². The Morgan fingerprint density at radius 1 is 1.02 bits per heavy atom. The highest BCUT2D eigenvalue weighted by molar-refractivity contribution is 6.35. The van der Waals surface area contributed by atoms with Crippen LogP contribution in [-0.2, 0) is 22.4 Å². The van der Waals surface area contributed by atoms with Crippen molar-refractivity contribution in [2.75, 3.05) is 58.3 Å². The minimum Gasteiger partial charge on any atom is -0.368 e.